The molecule has 0 aliphatic carbocycles. The number of hydrogen-bond donors (Lipinski definition) is 1. The SMILES string of the molecule is Cc1nccc(-c2cc3c(n4cnnc24)NCc2c(F)ccc4c2[C@@H](CO4)CO3)c1F. The molecule has 0 bridgehead atoms. The third-order valence-electron chi connectivity index (χ3n) is 5.87. The summed E-state index contributed by atoms with van der Waals surface area (Å²) in [6, 6.07) is 6.42. The molecular formula is C22H17F2N5O2. The highest BCUT2D eigenvalue weighted by molar-refractivity contribution is 5.82. The summed E-state index contributed by atoms with van der Waals surface area (Å²) in [5, 5.41) is 11.5. The second kappa shape index (κ2) is 6.63. The van der Waals surface area contributed by atoms with Crippen molar-refractivity contribution in [2.45, 2.75) is 19.4 Å². The van der Waals surface area contributed by atoms with Gasteiger partial charge in [0.15, 0.2) is 23.0 Å². The van der Waals surface area contributed by atoms with Gasteiger partial charge in [-0.15, -0.1) is 10.2 Å². The molecule has 0 saturated heterocycles. The summed E-state index contributed by atoms with van der Waals surface area (Å²) in [5.74, 6) is 0.934. The van der Waals surface area contributed by atoms with Gasteiger partial charge in [-0.3, -0.25) is 9.38 Å². The van der Waals surface area contributed by atoms with Crippen LogP contribution < -0.4 is 14.8 Å². The van der Waals surface area contributed by atoms with Crippen molar-refractivity contribution in [2.24, 2.45) is 0 Å². The van der Waals surface area contributed by atoms with Crippen LogP contribution in [0.25, 0.3) is 16.8 Å². The highest BCUT2D eigenvalue weighted by Crippen LogP contribution is 2.42. The van der Waals surface area contributed by atoms with Gasteiger partial charge in [0.25, 0.3) is 0 Å². The molecule has 0 radical (unpaired) electrons. The Bertz CT molecular complexity index is 1350. The molecule has 7 nitrogen and oxygen atoms in total. The molecule has 1 N–H and O–H groups in total. The molecule has 156 valence electrons. The van der Waals surface area contributed by atoms with Crippen molar-refractivity contribution in [1.29, 1.82) is 0 Å². The highest BCUT2D eigenvalue weighted by Gasteiger charge is 2.31. The van der Waals surface area contributed by atoms with Gasteiger partial charge < -0.3 is 14.8 Å². The van der Waals surface area contributed by atoms with Crippen molar-refractivity contribution in [1.82, 2.24) is 19.6 Å². The number of nitrogens with one attached hydrogen (secondary N) is 1. The average molecular weight is 421 g/mol. The van der Waals surface area contributed by atoms with Crippen molar-refractivity contribution in [3.63, 3.8) is 0 Å². The van der Waals surface area contributed by atoms with E-state index in [0.29, 0.717) is 58.6 Å². The molecule has 6 rings (SSSR count). The number of pyridine rings is 2. The van der Waals surface area contributed by atoms with E-state index in [0.717, 1.165) is 5.56 Å². The minimum absolute atomic E-state index is 0.103. The number of aromatic nitrogens is 4. The predicted molar refractivity (Wildman–Crippen MR) is 108 cm³/mol. The number of fused-ring (bicyclic) bond motifs is 3. The molecule has 0 spiro atoms. The normalized spacial score (nSPS) is 16.9. The zero-order valence-electron chi connectivity index (χ0n) is 16.5. The second-order valence-electron chi connectivity index (χ2n) is 7.66. The van der Waals surface area contributed by atoms with Gasteiger partial charge in [0.2, 0.25) is 0 Å². The Balaban J connectivity index is 1.54. The van der Waals surface area contributed by atoms with Gasteiger partial charge in [-0.25, -0.2) is 8.78 Å². The van der Waals surface area contributed by atoms with Crippen LogP contribution in [-0.2, 0) is 6.54 Å². The van der Waals surface area contributed by atoms with Crippen molar-refractivity contribution < 1.29 is 18.3 Å². The van der Waals surface area contributed by atoms with Crippen LogP contribution in [0.1, 0.15) is 22.7 Å². The molecule has 0 saturated carbocycles. The van der Waals surface area contributed by atoms with Gasteiger partial charge in [0, 0.05) is 35.0 Å². The van der Waals surface area contributed by atoms with Gasteiger partial charge in [-0.05, 0) is 31.2 Å². The van der Waals surface area contributed by atoms with Crippen LogP contribution in [0.3, 0.4) is 0 Å². The molecule has 0 unspecified atom stereocenters. The first-order valence-electron chi connectivity index (χ1n) is 9.90. The van der Waals surface area contributed by atoms with Crippen molar-refractivity contribution >= 4 is 11.5 Å². The Morgan fingerprint density at radius 2 is 1.94 bits per heavy atom. The number of anilines is 1. The molecule has 1 aromatic carbocycles. The largest absolute Gasteiger partial charge is 0.493 e. The average Bonchev–Trinajstić information content (AvgIpc) is 3.41. The highest BCUT2D eigenvalue weighted by atomic mass is 19.1. The summed E-state index contributed by atoms with van der Waals surface area (Å²) in [6.45, 7) is 2.56. The van der Waals surface area contributed by atoms with Gasteiger partial charge in [0.1, 0.15) is 17.9 Å². The maximum absolute atomic E-state index is 14.9. The molecule has 31 heavy (non-hydrogen) atoms. The van der Waals surface area contributed by atoms with E-state index in [9.17, 15) is 8.78 Å². The molecule has 5 heterocycles. The van der Waals surface area contributed by atoms with E-state index in [-0.39, 0.29) is 18.3 Å². The monoisotopic (exact) mass is 421 g/mol. The maximum Gasteiger partial charge on any atom is 0.170 e. The van der Waals surface area contributed by atoms with E-state index in [1.165, 1.54) is 12.4 Å². The maximum atomic E-state index is 14.9. The van der Waals surface area contributed by atoms with E-state index in [4.69, 9.17) is 9.47 Å². The lowest BCUT2D eigenvalue weighted by atomic mass is 9.96. The number of nitrogens with zero attached hydrogens (tertiary/aromatic N) is 4. The number of ether oxygens (including phenoxy) is 2. The van der Waals surface area contributed by atoms with Crippen molar-refractivity contribution in [3.8, 4) is 22.6 Å². The lowest BCUT2D eigenvalue weighted by Crippen LogP contribution is -2.13. The summed E-state index contributed by atoms with van der Waals surface area (Å²) in [4.78, 5) is 4.01. The van der Waals surface area contributed by atoms with Crippen molar-refractivity contribution in [3.05, 3.63) is 65.2 Å². The Morgan fingerprint density at radius 3 is 2.81 bits per heavy atom. The summed E-state index contributed by atoms with van der Waals surface area (Å²) in [5.41, 5.74) is 3.03. The predicted octanol–water partition coefficient (Wildman–Crippen LogP) is 3.86. The zero-order chi connectivity index (χ0) is 21.1. The van der Waals surface area contributed by atoms with Gasteiger partial charge >= 0.3 is 0 Å². The first kappa shape index (κ1) is 18.1. The quantitative estimate of drug-likeness (QED) is 0.503. The zero-order valence-corrected chi connectivity index (χ0v) is 16.5. The Kier molecular flexibility index (Phi) is 3.86. The van der Waals surface area contributed by atoms with E-state index < -0.39 is 5.82 Å². The summed E-state index contributed by atoms with van der Waals surface area (Å²) in [7, 11) is 0. The molecule has 3 aromatic heterocycles. The summed E-state index contributed by atoms with van der Waals surface area (Å²) < 4.78 is 43.2. The van der Waals surface area contributed by atoms with Crippen LogP contribution in [0.2, 0.25) is 0 Å². The first-order valence-corrected chi connectivity index (χ1v) is 9.90. The molecule has 9 heteroatoms. The molecule has 0 amide bonds. The number of aryl methyl sites for hydroxylation is 1. The Hall–Kier alpha value is -3.75. The number of hydrogen-bond acceptors (Lipinski definition) is 6. The minimum Gasteiger partial charge on any atom is -0.493 e. The van der Waals surface area contributed by atoms with Gasteiger partial charge in [-0.2, -0.15) is 0 Å². The number of benzene rings is 1. The standard InChI is InChI=1S/C22H17F2N5O2/c1-11-20(24)13(4-5-25-11)14-6-18-22(29-10-27-28-21(14)29)26-7-15-16(23)2-3-17-19(15)12(8-30-17)9-31-18/h2-6,10,12,26H,7-9H2,1H3/t12-/m0/s1. The molecule has 0 fully saturated rings. The van der Waals surface area contributed by atoms with E-state index >= 15 is 0 Å². The van der Waals surface area contributed by atoms with Crippen LogP contribution in [0.15, 0.2) is 36.8 Å². The van der Waals surface area contributed by atoms with E-state index in [2.05, 4.69) is 20.5 Å². The third-order valence-corrected chi connectivity index (χ3v) is 5.87. The second-order valence-corrected chi connectivity index (χ2v) is 7.66. The lowest BCUT2D eigenvalue weighted by Gasteiger charge is -2.17. The fourth-order valence-electron chi connectivity index (χ4n) is 4.34. The Morgan fingerprint density at radius 1 is 1.10 bits per heavy atom. The summed E-state index contributed by atoms with van der Waals surface area (Å²) in [6.07, 6.45) is 3.08. The number of rotatable bonds is 1. The molecule has 2 aliphatic rings. The molecule has 4 aromatic rings. The van der Waals surface area contributed by atoms with Crippen LogP contribution in [0.5, 0.6) is 11.5 Å². The topological polar surface area (TPSA) is 73.6 Å². The summed E-state index contributed by atoms with van der Waals surface area (Å²) >= 11 is 0. The fourth-order valence-corrected chi connectivity index (χ4v) is 4.34. The van der Waals surface area contributed by atoms with Crippen molar-refractivity contribution in [2.75, 3.05) is 18.5 Å². The molecule has 2 aliphatic heterocycles. The van der Waals surface area contributed by atoms with Gasteiger partial charge in [0.05, 0.1) is 24.8 Å². The van der Waals surface area contributed by atoms with E-state index in [1.54, 1.807) is 35.7 Å². The minimum atomic E-state index is -0.424. The van der Waals surface area contributed by atoms with Crippen LogP contribution in [0.4, 0.5) is 14.6 Å². The van der Waals surface area contributed by atoms with Crippen LogP contribution in [0, 0.1) is 18.6 Å². The first-order chi connectivity index (χ1) is 15.1. The Labute approximate surface area is 175 Å². The molecule has 1 atom stereocenters. The van der Waals surface area contributed by atoms with Gasteiger partial charge in [-0.1, -0.05) is 0 Å². The smallest absolute Gasteiger partial charge is 0.170 e. The molecular weight excluding hydrogens is 404 g/mol. The fraction of sp³-hybridized carbons (Fsp3) is 0.227. The van der Waals surface area contributed by atoms with Crippen LogP contribution in [-0.4, -0.2) is 32.8 Å². The van der Waals surface area contributed by atoms with E-state index in [1.807, 2.05) is 0 Å². The third kappa shape index (κ3) is 2.66. The lowest BCUT2D eigenvalue weighted by molar-refractivity contribution is 0.249. The van der Waals surface area contributed by atoms with Crippen LogP contribution >= 0.6 is 0 Å². The number of halogens is 2.